The van der Waals surface area contributed by atoms with Gasteiger partial charge in [0.1, 0.15) is 0 Å². The van der Waals surface area contributed by atoms with Gasteiger partial charge in [-0.3, -0.25) is 0 Å². The lowest BCUT2D eigenvalue weighted by molar-refractivity contribution is 1.18. The third-order valence-corrected chi connectivity index (χ3v) is 9.20. The third kappa shape index (κ3) is 4.01. The number of hydrogen-bond donors (Lipinski definition) is 0. The summed E-state index contributed by atoms with van der Waals surface area (Å²) in [5.74, 6) is 0. The summed E-state index contributed by atoms with van der Waals surface area (Å²) in [6, 6.07) is 60.0. The van der Waals surface area contributed by atoms with Gasteiger partial charge in [-0.15, -0.1) is 0 Å². The Labute approximate surface area is 257 Å². The predicted octanol–water partition coefficient (Wildman–Crippen LogP) is 11.4. The van der Waals surface area contributed by atoms with Gasteiger partial charge in [0, 0.05) is 16.5 Å². The van der Waals surface area contributed by atoms with Gasteiger partial charge >= 0.3 is 0 Å². The van der Waals surface area contributed by atoms with Crippen molar-refractivity contribution in [2.45, 2.75) is 6.42 Å². The second-order valence-corrected chi connectivity index (χ2v) is 11.8. The number of fused-ring (bicyclic) bond motifs is 6. The van der Waals surface area contributed by atoms with Crippen LogP contribution in [0.5, 0.6) is 0 Å². The molecule has 0 radical (unpaired) electrons. The van der Waals surface area contributed by atoms with E-state index < -0.39 is 0 Å². The highest BCUT2D eigenvalue weighted by Crippen LogP contribution is 2.41. The van der Waals surface area contributed by atoms with Crippen LogP contribution in [0.25, 0.3) is 72.0 Å². The first-order valence-electron chi connectivity index (χ1n) is 15.3. The summed E-state index contributed by atoms with van der Waals surface area (Å²) in [5, 5.41) is 2.53. The second kappa shape index (κ2) is 9.97. The molecule has 0 saturated heterocycles. The largest absolute Gasteiger partial charge is 0.309 e. The topological polar surface area (TPSA) is 4.93 Å². The molecule has 1 aliphatic rings. The van der Waals surface area contributed by atoms with E-state index in [-0.39, 0.29) is 0 Å². The van der Waals surface area contributed by atoms with Crippen LogP contribution in [-0.2, 0) is 6.42 Å². The van der Waals surface area contributed by atoms with Crippen LogP contribution in [0.2, 0.25) is 0 Å². The molecular formula is C43H29N. The minimum atomic E-state index is 1.01. The molecule has 1 aliphatic carbocycles. The highest BCUT2D eigenvalue weighted by atomic mass is 15.0. The van der Waals surface area contributed by atoms with Gasteiger partial charge in [0.2, 0.25) is 0 Å². The summed E-state index contributed by atoms with van der Waals surface area (Å²) < 4.78 is 2.45. The minimum Gasteiger partial charge on any atom is -0.309 e. The molecule has 0 spiro atoms. The van der Waals surface area contributed by atoms with Crippen molar-refractivity contribution in [1.82, 2.24) is 4.57 Å². The Balaban J connectivity index is 1.28. The molecule has 0 atom stereocenters. The normalized spacial score (nSPS) is 12.0. The zero-order chi connectivity index (χ0) is 29.0. The van der Waals surface area contributed by atoms with Gasteiger partial charge < -0.3 is 4.57 Å². The Hall–Kier alpha value is -5.66. The first kappa shape index (κ1) is 24.9. The predicted molar refractivity (Wildman–Crippen MR) is 185 cm³/mol. The second-order valence-electron chi connectivity index (χ2n) is 11.8. The lowest BCUT2D eigenvalue weighted by atomic mass is 9.97. The molecule has 0 unspecified atom stereocenters. The van der Waals surface area contributed by atoms with Crippen LogP contribution in [-0.4, -0.2) is 4.57 Å². The number of para-hydroxylation sites is 1. The van der Waals surface area contributed by atoms with E-state index in [2.05, 4.69) is 168 Å². The van der Waals surface area contributed by atoms with Gasteiger partial charge in [0.15, 0.2) is 0 Å². The zero-order valence-corrected chi connectivity index (χ0v) is 24.2. The first-order chi connectivity index (χ1) is 21.8. The van der Waals surface area contributed by atoms with E-state index in [0.717, 1.165) is 12.1 Å². The fraction of sp³-hybridized carbons (Fsp3) is 0.0233. The van der Waals surface area contributed by atoms with E-state index in [9.17, 15) is 0 Å². The fourth-order valence-corrected chi connectivity index (χ4v) is 7.07. The number of benzene rings is 7. The Kier molecular flexibility index (Phi) is 5.64. The van der Waals surface area contributed by atoms with Crippen LogP contribution < -0.4 is 0 Å². The maximum atomic E-state index is 2.45. The van der Waals surface area contributed by atoms with E-state index >= 15 is 0 Å². The van der Waals surface area contributed by atoms with Crippen molar-refractivity contribution in [1.29, 1.82) is 0 Å². The quantitative estimate of drug-likeness (QED) is 0.202. The molecule has 0 amide bonds. The van der Waals surface area contributed by atoms with E-state index in [1.165, 1.54) is 77.4 Å². The van der Waals surface area contributed by atoms with E-state index in [1.54, 1.807) is 0 Å². The van der Waals surface area contributed by atoms with Crippen LogP contribution in [0.3, 0.4) is 0 Å². The maximum Gasteiger partial charge on any atom is 0.0547 e. The Morgan fingerprint density at radius 3 is 1.70 bits per heavy atom. The standard InChI is InChI=1S/C43H29N/c1-3-11-29(12-4-1)35-24-36(30-13-5-2-6-14-30)26-37(25-35)44-42-18-10-9-17-39(42)40-22-21-32(28-43(40)44)31-19-20-34-23-33-15-7-8-16-38(33)41(34)27-31/h1-22,24-28H,23H2. The van der Waals surface area contributed by atoms with Crippen molar-refractivity contribution in [3.05, 3.63) is 175 Å². The van der Waals surface area contributed by atoms with Crippen molar-refractivity contribution in [2.75, 3.05) is 0 Å². The van der Waals surface area contributed by atoms with Crippen LogP contribution in [0.1, 0.15) is 11.1 Å². The zero-order valence-electron chi connectivity index (χ0n) is 24.2. The van der Waals surface area contributed by atoms with Crippen LogP contribution >= 0.6 is 0 Å². The molecule has 0 fully saturated rings. The van der Waals surface area contributed by atoms with Gasteiger partial charge in [-0.25, -0.2) is 0 Å². The van der Waals surface area contributed by atoms with Crippen LogP contribution in [0.4, 0.5) is 0 Å². The Morgan fingerprint density at radius 1 is 0.341 bits per heavy atom. The molecule has 7 aromatic carbocycles. The van der Waals surface area contributed by atoms with Gasteiger partial charge in [0.05, 0.1) is 11.0 Å². The highest BCUT2D eigenvalue weighted by Gasteiger charge is 2.19. The molecule has 1 nitrogen and oxygen atoms in total. The number of nitrogens with zero attached hydrogens (tertiary/aromatic N) is 1. The molecular weight excluding hydrogens is 530 g/mol. The first-order valence-corrected chi connectivity index (χ1v) is 15.3. The van der Waals surface area contributed by atoms with Gasteiger partial charge in [-0.2, -0.15) is 0 Å². The Morgan fingerprint density at radius 2 is 0.932 bits per heavy atom. The Bertz CT molecular complexity index is 2280. The molecule has 9 rings (SSSR count). The van der Waals surface area contributed by atoms with Crippen LogP contribution in [0, 0.1) is 0 Å². The molecule has 0 aliphatic heterocycles. The number of rotatable bonds is 4. The molecule has 1 heterocycles. The summed E-state index contributed by atoms with van der Waals surface area (Å²) in [4.78, 5) is 0. The molecule has 1 heteroatoms. The van der Waals surface area contributed by atoms with Gasteiger partial charge in [0.25, 0.3) is 0 Å². The summed E-state index contributed by atoms with van der Waals surface area (Å²) in [6.45, 7) is 0. The number of hydrogen-bond acceptors (Lipinski definition) is 0. The summed E-state index contributed by atoms with van der Waals surface area (Å²) >= 11 is 0. The fourth-order valence-electron chi connectivity index (χ4n) is 7.07. The SMILES string of the molecule is c1ccc(-c2cc(-c3ccccc3)cc(-n3c4ccccc4c4ccc(-c5ccc6c(c5)-c5ccccc5C6)cc43)c2)cc1. The van der Waals surface area contributed by atoms with Gasteiger partial charge in [-0.1, -0.05) is 127 Å². The highest BCUT2D eigenvalue weighted by molar-refractivity contribution is 6.10. The molecule has 1 aromatic heterocycles. The van der Waals surface area contributed by atoms with Crippen molar-refractivity contribution in [3.8, 4) is 50.2 Å². The molecule has 0 saturated carbocycles. The average Bonchev–Trinajstić information content (AvgIpc) is 3.64. The number of aromatic nitrogens is 1. The van der Waals surface area contributed by atoms with Gasteiger partial charge in [-0.05, 0) is 98.5 Å². The molecule has 0 bridgehead atoms. The van der Waals surface area contributed by atoms with E-state index in [1.807, 2.05) is 0 Å². The summed E-state index contributed by atoms with van der Waals surface area (Å²) in [7, 11) is 0. The molecule has 8 aromatic rings. The maximum absolute atomic E-state index is 2.45. The lowest BCUT2D eigenvalue weighted by Crippen LogP contribution is -1.96. The minimum absolute atomic E-state index is 1.01. The third-order valence-electron chi connectivity index (χ3n) is 9.20. The average molecular weight is 560 g/mol. The molecule has 0 N–H and O–H groups in total. The van der Waals surface area contributed by atoms with E-state index in [0.29, 0.717) is 0 Å². The summed E-state index contributed by atoms with van der Waals surface area (Å²) in [6.07, 6.45) is 1.01. The molecule has 206 valence electrons. The van der Waals surface area contributed by atoms with Crippen LogP contribution in [0.15, 0.2) is 164 Å². The van der Waals surface area contributed by atoms with Crippen molar-refractivity contribution >= 4 is 21.8 Å². The monoisotopic (exact) mass is 559 g/mol. The lowest BCUT2D eigenvalue weighted by Gasteiger charge is -2.14. The molecule has 44 heavy (non-hydrogen) atoms. The van der Waals surface area contributed by atoms with Crippen molar-refractivity contribution in [3.63, 3.8) is 0 Å². The summed E-state index contributed by atoms with van der Waals surface area (Å²) in [5.41, 5.74) is 16.5. The smallest absolute Gasteiger partial charge is 0.0547 e. The van der Waals surface area contributed by atoms with E-state index in [4.69, 9.17) is 0 Å². The van der Waals surface area contributed by atoms with Crippen molar-refractivity contribution < 1.29 is 0 Å². The van der Waals surface area contributed by atoms with Crippen molar-refractivity contribution in [2.24, 2.45) is 0 Å².